The summed E-state index contributed by atoms with van der Waals surface area (Å²) in [4.78, 5) is 0.162. The summed E-state index contributed by atoms with van der Waals surface area (Å²) in [7, 11) is -6.92. The third-order valence-corrected chi connectivity index (χ3v) is 7.13. The summed E-state index contributed by atoms with van der Waals surface area (Å²) in [5, 5.41) is 0. The molecule has 2 heterocycles. The average molecular weight is 374 g/mol. The Morgan fingerprint density at radius 3 is 2.71 bits per heavy atom. The number of sulfonamides is 2. The first-order valence-corrected chi connectivity index (χ1v) is 11.3. The zero-order valence-electron chi connectivity index (χ0n) is 13.6. The number of nitrogens with one attached hydrogen (secondary N) is 1. The molecule has 1 fully saturated rings. The Morgan fingerprint density at radius 1 is 1.25 bits per heavy atom. The number of benzene rings is 1. The maximum absolute atomic E-state index is 12.5. The number of nitrogens with zero attached hydrogens (tertiary/aromatic N) is 1. The smallest absolute Gasteiger partial charge is 0.240 e. The highest BCUT2D eigenvalue weighted by atomic mass is 32.2. The van der Waals surface area contributed by atoms with Gasteiger partial charge in [-0.1, -0.05) is 6.07 Å². The van der Waals surface area contributed by atoms with Crippen LogP contribution in [-0.2, 0) is 37.7 Å². The van der Waals surface area contributed by atoms with Crippen LogP contribution in [0.3, 0.4) is 0 Å². The minimum atomic E-state index is -3.63. The van der Waals surface area contributed by atoms with Crippen LogP contribution in [0.5, 0.6) is 0 Å². The van der Waals surface area contributed by atoms with Crippen LogP contribution >= 0.6 is 0 Å². The summed E-state index contributed by atoms with van der Waals surface area (Å²) < 4.78 is 57.7. The van der Waals surface area contributed by atoms with E-state index >= 15 is 0 Å². The van der Waals surface area contributed by atoms with Crippen LogP contribution in [0, 0.1) is 0 Å². The van der Waals surface area contributed by atoms with Crippen molar-refractivity contribution in [3.63, 3.8) is 0 Å². The molecule has 1 atom stereocenters. The van der Waals surface area contributed by atoms with Gasteiger partial charge in [0.1, 0.15) is 0 Å². The maximum atomic E-state index is 12.5. The lowest BCUT2D eigenvalue weighted by Crippen LogP contribution is -2.35. The van der Waals surface area contributed by atoms with Gasteiger partial charge in [0.05, 0.1) is 17.3 Å². The summed E-state index contributed by atoms with van der Waals surface area (Å²) in [5.41, 5.74) is 1.74. The number of fused-ring (bicyclic) bond motifs is 1. The SMILES string of the molecule is CS(=O)(=O)N1CCc2ccc(S(=O)(=O)NCC3CCCO3)cc2C1. The second kappa shape index (κ2) is 6.72. The van der Waals surface area contributed by atoms with Crippen molar-refractivity contribution >= 4 is 20.0 Å². The van der Waals surface area contributed by atoms with Gasteiger partial charge in [-0.05, 0) is 42.5 Å². The molecule has 3 rings (SSSR count). The van der Waals surface area contributed by atoms with E-state index in [0.29, 0.717) is 19.6 Å². The van der Waals surface area contributed by atoms with Crippen molar-refractivity contribution in [2.45, 2.75) is 36.8 Å². The fourth-order valence-electron chi connectivity index (χ4n) is 3.05. The summed E-state index contributed by atoms with van der Waals surface area (Å²) in [5.74, 6) is 0. The van der Waals surface area contributed by atoms with Crippen LogP contribution in [0.2, 0.25) is 0 Å². The quantitative estimate of drug-likeness (QED) is 0.808. The lowest BCUT2D eigenvalue weighted by molar-refractivity contribution is 0.114. The van der Waals surface area contributed by atoms with Crippen LogP contribution in [-0.4, -0.2) is 53.2 Å². The van der Waals surface area contributed by atoms with Crippen molar-refractivity contribution in [1.82, 2.24) is 9.03 Å². The van der Waals surface area contributed by atoms with Gasteiger partial charge in [0.15, 0.2) is 0 Å². The maximum Gasteiger partial charge on any atom is 0.240 e. The van der Waals surface area contributed by atoms with Gasteiger partial charge in [-0.25, -0.2) is 21.6 Å². The van der Waals surface area contributed by atoms with E-state index in [1.165, 1.54) is 10.6 Å². The van der Waals surface area contributed by atoms with Crippen LogP contribution in [0.4, 0.5) is 0 Å². The first-order chi connectivity index (χ1) is 11.3. The molecule has 1 saturated heterocycles. The standard InChI is InChI=1S/C15H22N2O5S2/c1-23(18,19)17-7-6-12-4-5-15(9-13(12)11-17)24(20,21)16-10-14-3-2-8-22-14/h4-5,9,14,16H,2-3,6-8,10-11H2,1H3. The van der Waals surface area contributed by atoms with Crippen LogP contribution in [0.15, 0.2) is 23.1 Å². The molecule has 0 saturated carbocycles. The van der Waals surface area contributed by atoms with Gasteiger partial charge in [-0.15, -0.1) is 0 Å². The van der Waals surface area contributed by atoms with Crippen molar-refractivity contribution in [3.05, 3.63) is 29.3 Å². The molecule has 0 aliphatic carbocycles. The Morgan fingerprint density at radius 2 is 2.04 bits per heavy atom. The van der Waals surface area contributed by atoms with E-state index in [1.807, 2.05) is 0 Å². The van der Waals surface area contributed by atoms with E-state index in [2.05, 4.69) is 4.72 Å². The van der Waals surface area contributed by atoms with Gasteiger partial charge in [-0.3, -0.25) is 0 Å². The van der Waals surface area contributed by atoms with Gasteiger partial charge >= 0.3 is 0 Å². The molecule has 1 aromatic carbocycles. The van der Waals surface area contributed by atoms with E-state index in [9.17, 15) is 16.8 Å². The van der Waals surface area contributed by atoms with Gasteiger partial charge < -0.3 is 4.74 Å². The number of rotatable bonds is 5. The minimum absolute atomic E-state index is 0.0712. The molecule has 0 aromatic heterocycles. The van der Waals surface area contributed by atoms with Crippen molar-refractivity contribution in [3.8, 4) is 0 Å². The van der Waals surface area contributed by atoms with Crippen LogP contribution in [0.1, 0.15) is 24.0 Å². The molecule has 1 N–H and O–H groups in total. The van der Waals surface area contributed by atoms with E-state index in [-0.39, 0.29) is 24.1 Å². The third-order valence-electron chi connectivity index (χ3n) is 4.46. The molecular weight excluding hydrogens is 352 g/mol. The summed E-state index contributed by atoms with van der Waals surface area (Å²) in [6.07, 6.45) is 3.49. The number of ether oxygens (including phenoxy) is 1. The summed E-state index contributed by atoms with van der Waals surface area (Å²) >= 11 is 0. The van der Waals surface area contributed by atoms with E-state index in [1.54, 1.807) is 18.2 Å². The Balaban J connectivity index is 1.77. The molecule has 7 nitrogen and oxygen atoms in total. The molecule has 0 amide bonds. The van der Waals surface area contributed by atoms with Crippen molar-refractivity contribution in [1.29, 1.82) is 0 Å². The topological polar surface area (TPSA) is 92.8 Å². The van der Waals surface area contributed by atoms with Crippen molar-refractivity contribution in [2.75, 3.05) is 26.0 Å². The predicted molar refractivity (Wildman–Crippen MR) is 89.6 cm³/mol. The molecule has 134 valence electrons. The highest BCUT2D eigenvalue weighted by Gasteiger charge is 2.25. The minimum Gasteiger partial charge on any atom is -0.377 e. The fraction of sp³-hybridized carbons (Fsp3) is 0.600. The molecule has 2 aliphatic rings. The second-order valence-corrected chi connectivity index (χ2v) is 10.0. The Labute approximate surface area is 143 Å². The lowest BCUT2D eigenvalue weighted by atomic mass is 10.0. The van der Waals surface area contributed by atoms with E-state index < -0.39 is 20.0 Å². The summed E-state index contributed by atoms with van der Waals surface area (Å²) in [6, 6.07) is 4.92. The fourth-order valence-corrected chi connectivity index (χ4v) is 4.96. The first kappa shape index (κ1) is 17.8. The van der Waals surface area contributed by atoms with Gasteiger partial charge in [0.25, 0.3) is 0 Å². The number of hydrogen-bond donors (Lipinski definition) is 1. The monoisotopic (exact) mass is 374 g/mol. The van der Waals surface area contributed by atoms with Gasteiger partial charge in [0, 0.05) is 26.2 Å². The third kappa shape index (κ3) is 3.97. The van der Waals surface area contributed by atoms with Crippen molar-refractivity contribution in [2.24, 2.45) is 0 Å². The summed E-state index contributed by atoms with van der Waals surface area (Å²) in [6.45, 7) is 1.57. The molecule has 24 heavy (non-hydrogen) atoms. The first-order valence-electron chi connectivity index (χ1n) is 7.94. The molecule has 0 radical (unpaired) electrons. The van der Waals surface area contributed by atoms with Gasteiger partial charge in [-0.2, -0.15) is 4.31 Å². The van der Waals surface area contributed by atoms with Gasteiger partial charge in [0.2, 0.25) is 20.0 Å². The predicted octanol–water partition coefficient (Wildman–Crippen LogP) is 0.462. The largest absolute Gasteiger partial charge is 0.377 e. The Hall–Kier alpha value is -1.00. The second-order valence-electron chi connectivity index (χ2n) is 6.26. The Kier molecular flexibility index (Phi) is 4.99. The Bertz CT molecular complexity index is 814. The zero-order chi connectivity index (χ0) is 17.4. The number of hydrogen-bond acceptors (Lipinski definition) is 5. The molecule has 1 aromatic rings. The lowest BCUT2D eigenvalue weighted by Gasteiger charge is -2.27. The van der Waals surface area contributed by atoms with Crippen molar-refractivity contribution < 1.29 is 21.6 Å². The molecular formula is C15H22N2O5S2. The van der Waals surface area contributed by atoms with E-state index in [0.717, 1.165) is 24.0 Å². The van der Waals surface area contributed by atoms with Crippen LogP contribution < -0.4 is 4.72 Å². The highest BCUT2D eigenvalue weighted by molar-refractivity contribution is 7.89. The zero-order valence-corrected chi connectivity index (χ0v) is 15.2. The molecule has 1 unspecified atom stereocenters. The normalized spacial score (nSPS) is 22.5. The molecule has 2 aliphatic heterocycles. The average Bonchev–Trinajstić information content (AvgIpc) is 3.04. The van der Waals surface area contributed by atoms with E-state index in [4.69, 9.17) is 4.74 Å². The molecule has 0 bridgehead atoms. The highest BCUT2D eigenvalue weighted by Crippen LogP contribution is 2.24. The van der Waals surface area contributed by atoms with Crippen LogP contribution in [0.25, 0.3) is 0 Å². The molecule has 9 heteroatoms. The molecule has 0 spiro atoms.